The van der Waals surface area contributed by atoms with E-state index >= 15 is 0 Å². The van der Waals surface area contributed by atoms with E-state index in [9.17, 15) is 22.8 Å². The standard InChI is InChI=1S/C22H21ClF3N3O3/c1-28(2)19(30)17-7-5-11-29(17)21(14-6-3-4-8-18(14)32-22(24,25)26)15-12-13(23)9-10-16(15)27-20(21)31/h3-4,6,8-10,12,17H,5,7,11H2,1-2H3,(H,27,31). The maximum absolute atomic E-state index is 13.7. The van der Waals surface area contributed by atoms with Crippen molar-refractivity contribution in [2.75, 3.05) is 26.0 Å². The maximum Gasteiger partial charge on any atom is 0.573 e. The van der Waals surface area contributed by atoms with Gasteiger partial charge in [0, 0.05) is 42.5 Å². The first-order chi connectivity index (χ1) is 15.1. The Labute approximate surface area is 187 Å². The van der Waals surface area contributed by atoms with Crippen LogP contribution in [0.4, 0.5) is 18.9 Å². The molecule has 0 saturated carbocycles. The molecule has 0 aromatic heterocycles. The molecule has 10 heteroatoms. The maximum atomic E-state index is 13.7. The molecule has 2 aromatic carbocycles. The molecule has 0 spiro atoms. The smallest absolute Gasteiger partial charge is 0.405 e. The van der Waals surface area contributed by atoms with Gasteiger partial charge in [-0.2, -0.15) is 0 Å². The molecule has 32 heavy (non-hydrogen) atoms. The molecule has 0 aliphatic carbocycles. The monoisotopic (exact) mass is 467 g/mol. The van der Waals surface area contributed by atoms with Gasteiger partial charge in [0.1, 0.15) is 5.75 Å². The van der Waals surface area contributed by atoms with E-state index in [-0.39, 0.29) is 11.5 Å². The van der Waals surface area contributed by atoms with Crippen molar-refractivity contribution in [3.05, 3.63) is 58.6 Å². The lowest BCUT2D eigenvalue weighted by molar-refractivity contribution is -0.275. The molecule has 170 valence electrons. The summed E-state index contributed by atoms with van der Waals surface area (Å²) in [7, 11) is 3.21. The summed E-state index contributed by atoms with van der Waals surface area (Å²) in [6.07, 6.45) is -3.91. The molecule has 1 N–H and O–H groups in total. The lowest BCUT2D eigenvalue weighted by Crippen LogP contribution is -2.57. The number of alkyl halides is 3. The van der Waals surface area contributed by atoms with E-state index in [1.54, 1.807) is 37.2 Å². The van der Waals surface area contributed by atoms with Crippen LogP contribution in [0.15, 0.2) is 42.5 Å². The Morgan fingerprint density at radius 2 is 1.94 bits per heavy atom. The molecule has 2 aliphatic heterocycles. The average molecular weight is 468 g/mol. The first-order valence-corrected chi connectivity index (χ1v) is 10.4. The Kier molecular flexibility index (Phi) is 5.58. The predicted octanol–water partition coefficient (Wildman–Crippen LogP) is 3.99. The highest BCUT2D eigenvalue weighted by Crippen LogP contribution is 2.51. The molecule has 1 fully saturated rings. The minimum Gasteiger partial charge on any atom is -0.405 e. The molecular formula is C22H21ClF3N3O3. The van der Waals surface area contributed by atoms with Crippen LogP contribution in [0.3, 0.4) is 0 Å². The van der Waals surface area contributed by atoms with Crippen molar-refractivity contribution in [2.45, 2.75) is 30.8 Å². The number of likely N-dealkylation sites (tertiary alicyclic amines) is 1. The van der Waals surface area contributed by atoms with Crippen LogP contribution in [0.2, 0.25) is 5.02 Å². The first kappa shape index (κ1) is 22.4. The van der Waals surface area contributed by atoms with Gasteiger partial charge in [-0.15, -0.1) is 13.2 Å². The summed E-state index contributed by atoms with van der Waals surface area (Å²) in [6, 6.07) is 9.55. The number of hydrogen-bond acceptors (Lipinski definition) is 4. The van der Waals surface area contributed by atoms with Crippen LogP contribution in [-0.2, 0) is 15.1 Å². The van der Waals surface area contributed by atoms with Gasteiger partial charge in [-0.1, -0.05) is 29.8 Å². The van der Waals surface area contributed by atoms with Gasteiger partial charge in [-0.05, 0) is 37.1 Å². The largest absolute Gasteiger partial charge is 0.573 e. The number of amides is 2. The molecule has 0 radical (unpaired) electrons. The number of benzene rings is 2. The summed E-state index contributed by atoms with van der Waals surface area (Å²) >= 11 is 6.24. The number of carbonyl (C=O) groups is 2. The molecule has 2 amide bonds. The Morgan fingerprint density at radius 3 is 2.62 bits per heavy atom. The van der Waals surface area contributed by atoms with E-state index in [2.05, 4.69) is 10.1 Å². The molecule has 0 bridgehead atoms. The summed E-state index contributed by atoms with van der Waals surface area (Å²) in [5.74, 6) is -1.31. The minimum atomic E-state index is -4.96. The summed E-state index contributed by atoms with van der Waals surface area (Å²) < 4.78 is 44.1. The van der Waals surface area contributed by atoms with Crippen molar-refractivity contribution in [2.24, 2.45) is 0 Å². The van der Waals surface area contributed by atoms with Gasteiger partial charge in [-0.3, -0.25) is 14.5 Å². The van der Waals surface area contributed by atoms with Crippen molar-refractivity contribution < 1.29 is 27.5 Å². The summed E-state index contributed by atoms with van der Waals surface area (Å²) in [6.45, 7) is 0.323. The van der Waals surface area contributed by atoms with Crippen molar-refractivity contribution >= 4 is 29.1 Å². The van der Waals surface area contributed by atoms with Gasteiger partial charge in [0.05, 0.1) is 6.04 Å². The van der Waals surface area contributed by atoms with Crippen molar-refractivity contribution in [3.63, 3.8) is 0 Å². The molecule has 6 nitrogen and oxygen atoms in total. The fourth-order valence-corrected chi connectivity index (χ4v) is 4.84. The number of anilines is 1. The zero-order valence-electron chi connectivity index (χ0n) is 17.4. The molecule has 4 rings (SSSR count). The fraction of sp³-hybridized carbons (Fsp3) is 0.364. The predicted molar refractivity (Wildman–Crippen MR) is 112 cm³/mol. The van der Waals surface area contributed by atoms with Crippen molar-refractivity contribution in [1.29, 1.82) is 0 Å². The lowest BCUT2D eigenvalue weighted by atomic mass is 9.80. The second-order valence-electron chi connectivity index (χ2n) is 7.98. The third-order valence-corrected chi connectivity index (χ3v) is 6.10. The fourth-order valence-electron chi connectivity index (χ4n) is 4.67. The second-order valence-corrected chi connectivity index (χ2v) is 8.42. The number of hydrogen-bond donors (Lipinski definition) is 1. The second kappa shape index (κ2) is 7.97. The van der Waals surface area contributed by atoms with E-state index in [1.165, 1.54) is 29.2 Å². The van der Waals surface area contributed by atoms with Crippen LogP contribution in [0.1, 0.15) is 24.0 Å². The number of nitrogens with zero attached hydrogens (tertiary/aromatic N) is 2. The van der Waals surface area contributed by atoms with E-state index in [0.717, 1.165) is 0 Å². The van der Waals surface area contributed by atoms with E-state index in [4.69, 9.17) is 11.6 Å². The van der Waals surface area contributed by atoms with E-state index < -0.39 is 29.6 Å². The Bertz CT molecular complexity index is 1080. The van der Waals surface area contributed by atoms with Crippen LogP contribution < -0.4 is 10.1 Å². The van der Waals surface area contributed by atoms with E-state index in [1.807, 2.05) is 0 Å². The summed E-state index contributed by atoms with van der Waals surface area (Å²) in [4.78, 5) is 29.7. The van der Waals surface area contributed by atoms with Crippen LogP contribution in [-0.4, -0.2) is 54.7 Å². The third-order valence-electron chi connectivity index (χ3n) is 5.86. The molecule has 2 aliphatic rings. The summed E-state index contributed by atoms with van der Waals surface area (Å²) in [5, 5.41) is 3.08. The molecule has 2 atom stereocenters. The van der Waals surface area contributed by atoms with Crippen LogP contribution in [0.5, 0.6) is 5.75 Å². The Hall–Kier alpha value is -2.78. The third kappa shape index (κ3) is 3.59. The number of likely N-dealkylation sites (N-methyl/N-ethyl adjacent to an activating group) is 1. The molecule has 2 unspecified atom stereocenters. The number of halogens is 4. The van der Waals surface area contributed by atoms with Gasteiger partial charge >= 0.3 is 6.36 Å². The number of para-hydroxylation sites is 1. The SMILES string of the molecule is CN(C)C(=O)C1CCCN1C1(c2ccccc2OC(F)(F)F)C(=O)Nc2ccc(Cl)cc21. The van der Waals surface area contributed by atoms with E-state index in [0.29, 0.717) is 35.7 Å². The van der Waals surface area contributed by atoms with Gasteiger partial charge in [0.2, 0.25) is 5.91 Å². The molecule has 1 saturated heterocycles. The van der Waals surface area contributed by atoms with Crippen LogP contribution in [0.25, 0.3) is 0 Å². The normalized spacial score (nSPS) is 23.1. The van der Waals surface area contributed by atoms with Crippen molar-refractivity contribution in [1.82, 2.24) is 9.80 Å². The highest BCUT2D eigenvalue weighted by molar-refractivity contribution is 6.31. The molecule has 2 heterocycles. The zero-order chi connectivity index (χ0) is 23.3. The first-order valence-electron chi connectivity index (χ1n) is 10.0. The zero-order valence-corrected chi connectivity index (χ0v) is 18.1. The number of nitrogens with one attached hydrogen (secondary N) is 1. The number of ether oxygens (including phenoxy) is 1. The van der Waals surface area contributed by atoms with Crippen LogP contribution in [0, 0.1) is 0 Å². The quantitative estimate of drug-likeness (QED) is 0.738. The number of fused-ring (bicyclic) bond motifs is 1. The van der Waals surface area contributed by atoms with Gasteiger partial charge in [-0.25, -0.2) is 0 Å². The molecule has 2 aromatic rings. The summed E-state index contributed by atoms with van der Waals surface area (Å²) in [5.41, 5.74) is -0.931. The Morgan fingerprint density at radius 1 is 1.22 bits per heavy atom. The van der Waals surface area contributed by atoms with Crippen LogP contribution >= 0.6 is 11.6 Å². The minimum absolute atomic E-state index is 0.00528. The Balaban J connectivity index is 2.01. The lowest BCUT2D eigenvalue weighted by Gasteiger charge is -2.41. The van der Waals surface area contributed by atoms with Gasteiger partial charge in [0.25, 0.3) is 5.91 Å². The van der Waals surface area contributed by atoms with Crippen molar-refractivity contribution in [3.8, 4) is 5.75 Å². The van der Waals surface area contributed by atoms with Gasteiger partial charge in [0.15, 0.2) is 5.54 Å². The average Bonchev–Trinajstić information content (AvgIpc) is 3.29. The number of rotatable bonds is 4. The number of carbonyl (C=O) groups excluding carboxylic acids is 2. The topological polar surface area (TPSA) is 61.9 Å². The van der Waals surface area contributed by atoms with Gasteiger partial charge < -0.3 is 15.0 Å². The highest BCUT2D eigenvalue weighted by atomic mass is 35.5. The molecular weight excluding hydrogens is 447 g/mol. The highest BCUT2D eigenvalue weighted by Gasteiger charge is 2.58.